The molecule has 0 amide bonds. The highest BCUT2D eigenvalue weighted by molar-refractivity contribution is 9.10. The van der Waals surface area contributed by atoms with Crippen molar-refractivity contribution in [3.8, 4) is 0 Å². The van der Waals surface area contributed by atoms with Gasteiger partial charge in [-0.3, -0.25) is 0 Å². The number of furan rings is 1. The summed E-state index contributed by atoms with van der Waals surface area (Å²) in [6.07, 6.45) is 1.58. The molecular weight excluding hydrogens is 248 g/mol. The second-order valence-electron chi connectivity index (χ2n) is 2.78. The predicted molar refractivity (Wildman–Crippen MR) is 55.3 cm³/mol. The Kier molecular flexibility index (Phi) is 2.29. The van der Waals surface area contributed by atoms with Crippen molar-refractivity contribution >= 4 is 32.9 Å². The summed E-state index contributed by atoms with van der Waals surface area (Å²) in [5.41, 5.74) is 1.24. The van der Waals surface area contributed by atoms with Gasteiger partial charge in [0.1, 0.15) is 5.58 Å². The molecule has 3 nitrogen and oxygen atoms in total. The number of methoxy groups -OCH3 is 1. The van der Waals surface area contributed by atoms with Crippen molar-refractivity contribution in [3.63, 3.8) is 0 Å². The minimum absolute atomic E-state index is 0.361. The molecule has 1 aromatic heterocycles. The van der Waals surface area contributed by atoms with Crippen LogP contribution in [-0.4, -0.2) is 13.1 Å². The summed E-state index contributed by atoms with van der Waals surface area (Å²) < 4.78 is 10.5. The van der Waals surface area contributed by atoms with Crippen molar-refractivity contribution in [2.24, 2.45) is 0 Å². The van der Waals surface area contributed by atoms with E-state index in [9.17, 15) is 4.79 Å². The largest absolute Gasteiger partial charge is 0.465 e. The summed E-state index contributed by atoms with van der Waals surface area (Å²) >= 11 is 3.28. The van der Waals surface area contributed by atoms with Gasteiger partial charge in [-0.25, -0.2) is 4.79 Å². The maximum atomic E-state index is 11.3. The number of hydrogen-bond acceptors (Lipinski definition) is 3. The molecule has 0 bridgehead atoms. The monoisotopic (exact) mass is 254 g/mol. The first-order chi connectivity index (χ1) is 6.72. The van der Waals surface area contributed by atoms with Gasteiger partial charge in [0, 0.05) is 9.86 Å². The highest BCUT2D eigenvalue weighted by Crippen LogP contribution is 2.25. The predicted octanol–water partition coefficient (Wildman–Crippen LogP) is 2.98. The number of benzene rings is 1. The fourth-order valence-electron chi connectivity index (χ4n) is 1.25. The Balaban J connectivity index is 2.64. The van der Waals surface area contributed by atoms with Gasteiger partial charge in [-0.1, -0.05) is 0 Å². The van der Waals surface area contributed by atoms with Gasteiger partial charge in [-0.15, -0.1) is 0 Å². The molecule has 0 atom stereocenters. The lowest BCUT2D eigenvalue weighted by atomic mass is 10.2. The van der Waals surface area contributed by atoms with Gasteiger partial charge >= 0.3 is 5.97 Å². The third-order valence-corrected chi connectivity index (χ3v) is 2.60. The van der Waals surface area contributed by atoms with Crippen molar-refractivity contribution in [2.45, 2.75) is 0 Å². The number of halogens is 1. The van der Waals surface area contributed by atoms with Crippen LogP contribution in [0.25, 0.3) is 11.0 Å². The number of carbonyl (C=O) groups is 1. The van der Waals surface area contributed by atoms with E-state index in [1.165, 1.54) is 7.11 Å². The van der Waals surface area contributed by atoms with Crippen LogP contribution in [0.15, 0.2) is 33.4 Å². The number of hydrogen-bond donors (Lipinski definition) is 0. The molecular formula is C10H7BrO3. The van der Waals surface area contributed by atoms with Crippen molar-refractivity contribution < 1.29 is 13.9 Å². The van der Waals surface area contributed by atoms with Gasteiger partial charge in [-0.05, 0) is 34.1 Å². The minimum Gasteiger partial charge on any atom is -0.465 e. The van der Waals surface area contributed by atoms with Gasteiger partial charge in [0.05, 0.1) is 18.9 Å². The molecule has 0 N–H and O–H groups in total. The fraction of sp³-hybridized carbons (Fsp3) is 0.100. The van der Waals surface area contributed by atoms with E-state index in [0.717, 1.165) is 11.0 Å². The maximum Gasteiger partial charge on any atom is 0.339 e. The van der Waals surface area contributed by atoms with Gasteiger partial charge in [-0.2, -0.15) is 0 Å². The molecule has 0 saturated heterocycles. The van der Waals surface area contributed by atoms with Crippen molar-refractivity contribution in [2.75, 3.05) is 7.11 Å². The van der Waals surface area contributed by atoms with Crippen LogP contribution >= 0.6 is 15.9 Å². The van der Waals surface area contributed by atoms with Crippen LogP contribution in [0.1, 0.15) is 10.4 Å². The zero-order chi connectivity index (χ0) is 10.1. The third-order valence-electron chi connectivity index (χ3n) is 1.95. The molecule has 0 fully saturated rings. The van der Waals surface area contributed by atoms with Crippen LogP contribution in [0.3, 0.4) is 0 Å². The third kappa shape index (κ3) is 1.42. The number of ether oxygens (including phenoxy) is 1. The quantitative estimate of drug-likeness (QED) is 0.735. The van der Waals surface area contributed by atoms with E-state index in [4.69, 9.17) is 4.42 Å². The molecule has 2 aromatic rings. The standard InChI is InChI=1S/C10H7BrO3/c1-13-10(12)7-4-6-2-3-14-9(6)5-8(7)11/h2-5H,1H3. The summed E-state index contributed by atoms with van der Waals surface area (Å²) in [6.45, 7) is 0. The van der Waals surface area contributed by atoms with Crippen LogP contribution in [0, 0.1) is 0 Å². The van der Waals surface area contributed by atoms with Crippen LogP contribution in [-0.2, 0) is 4.74 Å². The van der Waals surface area contributed by atoms with Crippen LogP contribution in [0.5, 0.6) is 0 Å². The summed E-state index contributed by atoms with van der Waals surface area (Å²) in [7, 11) is 1.36. The number of esters is 1. The van der Waals surface area contributed by atoms with Gasteiger partial charge in [0.25, 0.3) is 0 Å². The minimum atomic E-state index is -0.361. The van der Waals surface area contributed by atoms with Gasteiger partial charge in [0.15, 0.2) is 0 Å². The number of rotatable bonds is 1. The smallest absolute Gasteiger partial charge is 0.339 e. The van der Waals surface area contributed by atoms with E-state index in [-0.39, 0.29) is 5.97 Å². The van der Waals surface area contributed by atoms with E-state index in [0.29, 0.717) is 10.0 Å². The Hall–Kier alpha value is -1.29. The lowest BCUT2D eigenvalue weighted by molar-refractivity contribution is 0.0600. The SMILES string of the molecule is COC(=O)c1cc2ccoc2cc1Br. The van der Waals surface area contributed by atoms with Crippen LogP contribution in [0.4, 0.5) is 0 Å². The summed E-state index contributed by atoms with van der Waals surface area (Å²) in [6, 6.07) is 5.28. The molecule has 1 heterocycles. The summed E-state index contributed by atoms with van der Waals surface area (Å²) in [4.78, 5) is 11.3. The molecule has 0 unspecified atom stereocenters. The lowest BCUT2D eigenvalue weighted by Gasteiger charge is -2.01. The maximum absolute atomic E-state index is 11.3. The molecule has 0 aliphatic heterocycles. The number of carbonyl (C=O) groups excluding carboxylic acids is 1. The number of fused-ring (bicyclic) bond motifs is 1. The zero-order valence-corrected chi connectivity index (χ0v) is 9.00. The van der Waals surface area contributed by atoms with E-state index in [1.807, 2.05) is 0 Å². The molecule has 0 aliphatic rings. The second kappa shape index (κ2) is 3.46. The van der Waals surface area contributed by atoms with Crippen LogP contribution in [0.2, 0.25) is 0 Å². The molecule has 2 rings (SSSR count). The first-order valence-corrected chi connectivity index (χ1v) is 4.77. The fourth-order valence-corrected chi connectivity index (χ4v) is 1.74. The Morgan fingerprint density at radius 3 is 3.00 bits per heavy atom. The summed E-state index contributed by atoms with van der Waals surface area (Å²) in [5, 5.41) is 0.883. The van der Waals surface area contributed by atoms with Crippen molar-refractivity contribution in [1.29, 1.82) is 0 Å². The van der Waals surface area contributed by atoms with E-state index >= 15 is 0 Å². The normalized spacial score (nSPS) is 10.4. The molecule has 0 aliphatic carbocycles. The molecule has 14 heavy (non-hydrogen) atoms. The Morgan fingerprint density at radius 1 is 1.50 bits per heavy atom. The zero-order valence-electron chi connectivity index (χ0n) is 7.41. The van der Waals surface area contributed by atoms with Crippen molar-refractivity contribution in [3.05, 3.63) is 34.5 Å². The molecule has 72 valence electrons. The molecule has 0 spiro atoms. The Labute approximate surface area is 88.8 Å². The Bertz CT molecular complexity index is 487. The average molecular weight is 255 g/mol. The average Bonchev–Trinajstić information content (AvgIpc) is 2.62. The van der Waals surface area contributed by atoms with E-state index in [1.54, 1.807) is 24.5 Å². The lowest BCUT2D eigenvalue weighted by Crippen LogP contribution is -2.01. The highest BCUT2D eigenvalue weighted by Gasteiger charge is 2.12. The molecule has 4 heteroatoms. The van der Waals surface area contributed by atoms with Crippen molar-refractivity contribution in [1.82, 2.24) is 0 Å². The highest BCUT2D eigenvalue weighted by atomic mass is 79.9. The molecule has 0 radical (unpaired) electrons. The summed E-state index contributed by atoms with van der Waals surface area (Å²) in [5.74, 6) is -0.361. The first kappa shape index (κ1) is 9.27. The second-order valence-corrected chi connectivity index (χ2v) is 3.64. The molecule has 0 saturated carbocycles. The van der Waals surface area contributed by atoms with E-state index < -0.39 is 0 Å². The topological polar surface area (TPSA) is 39.4 Å². The molecule has 1 aromatic carbocycles. The van der Waals surface area contributed by atoms with E-state index in [2.05, 4.69) is 20.7 Å². The Morgan fingerprint density at radius 2 is 2.29 bits per heavy atom. The first-order valence-electron chi connectivity index (χ1n) is 3.97. The van der Waals surface area contributed by atoms with Crippen LogP contribution < -0.4 is 0 Å². The van der Waals surface area contributed by atoms with Gasteiger partial charge in [0.2, 0.25) is 0 Å². The van der Waals surface area contributed by atoms with Gasteiger partial charge < -0.3 is 9.15 Å².